The Bertz CT molecular complexity index is 797. The number of aryl methyl sites for hydroxylation is 1. The van der Waals surface area contributed by atoms with E-state index < -0.39 is 12.0 Å². The molecule has 1 fully saturated rings. The van der Waals surface area contributed by atoms with Gasteiger partial charge in [-0.1, -0.05) is 0 Å². The Morgan fingerprint density at radius 1 is 1.35 bits per heavy atom. The van der Waals surface area contributed by atoms with E-state index in [9.17, 15) is 9.59 Å². The number of carboxylic acid groups (broad SMARTS) is 1. The van der Waals surface area contributed by atoms with Crippen molar-refractivity contribution >= 4 is 23.2 Å². The van der Waals surface area contributed by atoms with Gasteiger partial charge in [0.1, 0.15) is 16.0 Å². The van der Waals surface area contributed by atoms with Gasteiger partial charge in [-0.2, -0.15) is 0 Å². The fourth-order valence-electron chi connectivity index (χ4n) is 2.90. The molecule has 8 heteroatoms. The Balaban J connectivity index is 1.61. The van der Waals surface area contributed by atoms with Crippen molar-refractivity contribution in [3.63, 3.8) is 0 Å². The predicted octanol–water partition coefficient (Wildman–Crippen LogP) is 3.36. The molecule has 0 aliphatic heterocycles. The molecule has 0 radical (unpaired) electrons. The topological polar surface area (TPSA) is 101 Å². The van der Waals surface area contributed by atoms with Gasteiger partial charge in [-0.15, -0.1) is 11.3 Å². The quantitative estimate of drug-likeness (QED) is 0.803. The van der Waals surface area contributed by atoms with Crippen LogP contribution in [-0.2, 0) is 0 Å². The number of hydrogen-bond acceptors (Lipinski definition) is 6. The van der Waals surface area contributed by atoms with Crippen molar-refractivity contribution in [3.05, 3.63) is 39.5 Å². The number of carbonyl (C=O) groups excluding carboxylic acids is 1. The molecule has 1 atom stereocenters. The van der Waals surface area contributed by atoms with Gasteiger partial charge in [0, 0.05) is 12.3 Å². The average molecular weight is 375 g/mol. The lowest BCUT2D eigenvalue weighted by Gasteiger charge is -2.13. The summed E-state index contributed by atoms with van der Waals surface area (Å²) in [5, 5.41) is 12.5. The van der Waals surface area contributed by atoms with Crippen LogP contribution in [0.3, 0.4) is 0 Å². The lowest BCUT2D eigenvalue weighted by Crippen LogP contribution is -2.26. The number of nitrogens with one attached hydrogen (secondary N) is 1. The highest BCUT2D eigenvalue weighted by molar-refractivity contribution is 7.13. The van der Waals surface area contributed by atoms with Crippen molar-refractivity contribution in [3.8, 4) is 5.88 Å². The van der Waals surface area contributed by atoms with Gasteiger partial charge in [-0.3, -0.25) is 4.79 Å². The third-order valence-electron chi connectivity index (χ3n) is 4.31. The van der Waals surface area contributed by atoms with E-state index in [0.29, 0.717) is 22.1 Å². The Morgan fingerprint density at radius 3 is 2.65 bits per heavy atom. The average Bonchev–Trinajstić information content (AvgIpc) is 3.25. The monoisotopic (exact) mass is 375 g/mol. The summed E-state index contributed by atoms with van der Waals surface area (Å²) in [5.41, 5.74) is 0.871. The van der Waals surface area contributed by atoms with Gasteiger partial charge in [0.2, 0.25) is 5.88 Å². The molecule has 1 aliphatic carbocycles. The number of amides is 1. The molecule has 1 saturated carbocycles. The molecule has 2 aromatic heterocycles. The largest absolute Gasteiger partial charge is 0.477 e. The van der Waals surface area contributed by atoms with Crippen molar-refractivity contribution in [1.82, 2.24) is 15.3 Å². The molecule has 0 bridgehead atoms. The Labute approximate surface area is 155 Å². The molecule has 1 aliphatic rings. The molecular weight excluding hydrogens is 354 g/mol. The second-order valence-electron chi connectivity index (χ2n) is 6.38. The van der Waals surface area contributed by atoms with Crippen LogP contribution in [-0.4, -0.2) is 33.1 Å². The van der Waals surface area contributed by atoms with E-state index in [2.05, 4.69) is 15.3 Å². The van der Waals surface area contributed by atoms with Crippen LogP contribution in [0.15, 0.2) is 18.3 Å². The van der Waals surface area contributed by atoms with Crippen LogP contribution < -0.4 is 10.1 Å². The molecule has 0 aromatic carbocycles. The van der Waals surface area contributed by atoms with Crippen molar-refractivity contribution in [2.75, 3.05) is 0 Å². The van der Waals surface area contributed by atoms with Gasteiger partial charge in [0.25, 0.3) is 5.91 Å². The van der Waals surface area contributed by atoms with E-state index in [1.54, 1.807) is 26.0 Å². The van der Waals surface area contributed by atoms with E-state index >= 15 is 0 Å². The summed E-state index contributed by atoms with van der Waals surface area (Å²) in [6.07, 6.45) is 6.17. The van der Waals surface area contributed by atoms with Crippen LogP contribution in [0.25, 0.3) is 0 Å². The maximum absolute atomic E-state index is 12.4. The zero-order valence-electron chi connectivity index (χ0n) is 14.7. The molecular formula is C18H21N3O4S. The van der Waals surface area contributed by atoms with Crippen molar-refractivity contribution in [2.45, 2.75) is 51.7 Å². The molecule has 26 heavy (non-hydrogen) atoms. The summed E-state index contributed by atoms with van der Waals surface area (Å²) in [7, 11) is 0. The zero-order chi connectivity index (χ0) is 18.7. The van der Waals surface area contributed by atoms with Crippen LogP contribution in [0.4, 0.5) is 0 Å². The Morgan fingerprint density at radius 2 is 2.08 bits per heavy atom. The normalized spacial score (nSPS) is 15.6. The maximum Gasteiger partial charge on any atom is 0.347 e. The third-order valence-corrected chi connectivity index (χ3v) is 5.64. The second kappa shape index (κ2) is 7.82. The number of ether oxygens (including phenoxy) is 1. The van der Waals surface area contributed by atoms with Gasteiger partial charge >= 0.3 is 5.97 Å². The van der Waals surface area contributed by atoms with Crippen molar-refractivity contribution in [1.29, 1.82) is 0 Å². The number of hydrogen-bond donors (Lipinski definition) is 2. The van der Waals surface area contributed by atoms with Gasteiger partial charge in [0.15, 0.2) is 0 Å². The van der Waals surface area contributed by atoms with Crippen LogP contribution >= 0.6 is 11.3 Å². The molecule has 1 amide bonds. The fourth-order valence-corrected chi connectivity index (χ4v) is 3.81. The van der Waals surface area contributed by atoms with Gasteiger partial charge in [0.05, 0.1) is 17.3 Å². The minimum absolute atomic E-state index is 0.191. The van der Waals surface area contributed by atoms with E-state index in [-0.39, 0.29) is 16.9 Å². The SMILES string of the molecule is Cc1nc(C(C)NC(=O)c2ccc(OC3CCCC3)nc2)sc1C(=O)O. The molecule has 0 saturated heterocycles. The molecule has 2 N–H and O–H groups in total. The predicted molar refractivity (Wildman–Crippen MR) is 96.8 cm³/mol. The molecule has 7 nitrogen and oxygen atoms in total. The Hall–Kier alpha value is -2.48. The van der Waals surface area contributed by atoms with Gasteiger partial charge in [-0.05, 0) is 45.6 Å². The zero-order valence-corrected chi connectivity index (χ0v) is 15.5. The molecule has 138 valence electrons. The highest BCUT2D eigenvalue weighted by Crippen LogP contribution is 2.25. The summed E-state index contributed by atoms with van der Waals surface area (Å²) in [6.45, 7) is 3.41. The second-order valence-corrected chi connectivity index (χ2v) is 7.41. The minimum atomic E-state index is -1.01. The summed E-state index contributed by atoms with van der Waals surface area (Å²) in [4.78, 5) is 32.1. The fraction of sp³-hybridized carbons (Fsp3) is 0.444. The first kappa shape index (κ1) is 18.3. The number of rotatable bonds is 6. The number of nitrogens with zero attached hydrogens (tertiary/aromatic N) is 2. The highest BCUT2D eigenvalue weighted by Gasteiger charge is 2.20. The lowest BCUT2D eigenvalue weighted by atomic mass is 10.2. The van der Waals surface area contributed by atoms with Gasteiger partial charge < -0.3 is 15.2 Å². The van der Waals surface area contributed by atoms with E-state index in [4.69, 9.17) is 9.84 Å². The number of aromatic carboxylic acids is 1. The minimum Gasteiger partial charge on any atom is -0.477 e. The molecule has 2 heterocycles. The van der Waals surface area contributed by atoms with E-state index in [1.165, 1.54) is 19.0 Å². The smallest absolute Gasteiger partial charge is 0.347 e. The maximum atomic E-state index is 12.4. The summed E-state index contributed by atoms with van der Waals surface area (Å²) in [5.74, 6) is -0.767. The number of thiazole rings is 1. The molecule has 3 rings (SSSR count). The van der Waals surface area contributed by atoms with Crippen LogP contribution in [0, 0.1) is 6.92 Å². The van der Waals surface area contributed by atoms with E-state index in [0.717, 1.165) is 24.2 Å². The number of aromatic nitrogens is 2. The highest BCUT2D eigenvalue weighted by atomic mass is 32.1. The van der Waals surface area contributed by atoms with Gasteiger partial charge in [-0.25, -0.2) is 14.8 Å². The first-order chi connectivity index (χ1) is 12.4. The first-order valence-electron chi connectivity index (χ1n) is 8.58. The molecule has 1 unspecified atom stereocenters. The summed E-state index contributed by atoms with van der Waals surface area (Å²) < 4.78 is 5.79. The first-order valence-corrected chi connectivity index (χ1v) is 9.40. The third kappa shape index (κ3) is 4.19. The standard InChI is InChI=1S/C18H21N3O4S/c1-10-15(18(23)24)26-17(21-10)11(2)20-16(22)12-7-8-14(19-9-12)25-13-5-3-4-6-13/h7-9,11,13H,3-6H2,1-2H3,(H,20,22)(H,23,24). The summed E-state index contributed by atoms with van der Waals surface area (Å²) in [6, 6.07) is 2.98. The van der Waals surface area contributed by atoms with Crippen molar-refractivity contribution < 1.29 is 19.4 Å². The van der Waals surface area contributed by atoms with Crippen LogP contribution in [0.5, 0.6) is 5.88 Å². The number of pyridine rings is 1. The van der Waals surface area contributed by atoms with Crippen LogP contribution in [0.1, 0.15) is 69.4 Å². The Kier molecular flexibility index (Phi) is 5.51. The molecule has 2 aromatic rings. The lowest BCUT2D eigenvalue weighted by molar-refractivity contribution is 0.0700. The number of carboxylic acids is 1. The van der Waals surface area contributed by atoms with Crippen molar-refractivity contribution in [2.24, 2.45) is 0 Å². The van der Waals surface area contributed by atoms with Crippen LogP contribution in [0.2, 0.25) is 0 Å². The number of carbonyl (C=O) groups is 2. The summed E-state index contributed by atoms with van der Waals surface area (Å²) >= 11 is 1.07. The van der Waals surface area contributed by atoms with E-state index in [1.807, 2.05) is 0 Å². The molecule has 0 spiro atoms.